The second-order valence-corrected chi connectivity index (χ2v) is 4.19. The molecule has 0 bridgehead atoms. The molecule has 1 atom stereocenters. The van der Waals surface area contributed by atoms with Gasteiger partial charge in [-0.15, -0.1) is 0 Å². The Labute approximate surface area is 126 Å². The number of carbonyl (C=O) groups excluding carboxylic acids is 1. The Morgan fingerprint density at radius 2 is 2.25 bits per heavy atom. The number of likely N-dealkylation sites (N-methyl/N-ethyl adjacent to an activating group) is 1. The molecule has 0 fully saturated rings. The van der Waals surface area contributed by atoms with Crippen molar-refractivity contribution in [2.45, 2.75) is 25.8 Å². The van der Waals surface area contributed by atoms with Crippen molar-refractivity contribution in [2.75, 3.05) is 26.8 Å². The van der Waals surface area contributed by atoms with E-state index >= 15 is 0 Å². The molecule has 0 saturated heterocycles. The Morgan fingerprint density at radius 1 is 1.50 bits per heavy atom. The van der Waals surface area contributed by atoms with Crippen LogP contribution in [0.5, 0.6) is 5.75 Å². The van der Waals surface area contributed by atoms with E-state index in [-0.39, 0.29) is 25.5 Å². The summed E-state index contributed by atoms with van der Waals surface area (Å²) in [6.07, 6.45) is -0.243. The van der Waals surface area contributed by atoms with Crippen molar-refractivity contribution in [2.24, 2.45) is 0 Å². The van der Waals surface area contributed by atoms with Crippen LogP contribution < -0.4 is 10.1 Å². The average molecular weight is 286 g/mol. The molecule has 20 heavy (non-hydrogen) atoms. The summed E-state index contributed by atoms with van der Waals surface area (Å²) in [4.78, 5) is 11.1. The lowest BCUT2D eigenvalue weighted by Crippen LogP contribution is -2.31. The lowest BCUT2D eigenvalue weighted by Gasteiger charge is -2.12. The topological polar surface area (TPSA) is 67.8 Å². The van der Waals surface area contributed by atoms with Crippen molar-refractivity contribution in [3.05, 3.63) is 29.8 Å². The van der Waals surface area contributed by atoms with Crippen molar-refractivity contribution >= 4 is 5.97 Å². The van der Waals surface area contributed by atoms with Crippen molar-refractivity contribution in [1.82, 2.24) is 5.32 Å². The number of aliphatic hydroxyl groups excluding tert-OH is 1. The van der Waals surface area contributed by atoms with Crippen molar-refractivity contribution in [1.29, 1.82) is 0 Å². The molecule has 1 aromatic carbocycles. The van der Waals surface area contributed by atoms with Gasteiger partial charge in [0.15, 0.2) is 0 Å². The Hall–Kier alpha value is -1.59. The highest BCUT2D eigenvalue weighted by Crippen LogP contribution is 2.13. The maximum atomic E-state index is 11.1. The van der Waals surface area contributed by atoms with Crippen LogP contribution in [-0.2, 0) is 16.0 Å². The van der Waals surface area contributed by atoms with E-state index in [2.05, 4.69) is 10.1 Å². The molecule has 2 N–H and O–H groups in total. The minimum atomic E-state index is -2.83. The van der Waals surface area contributed by atoms with Gasteiger partial charge < -0.3 is 19.9 Å². The highest BCUT2D eigenvalue weighted by atomic mass is 16.5. The molecule has 5 nitrogen and oxygen atoms in total. The number of methoxy groups -OCH3 is 1. The van der Waals surface area contributed by atoms with E-state index in [1.165, 1.54) is 7.11 Å². The molecular weight excluding hydrogens is 258 g/mol. The van der Waals surface area contributed by atoms with E-state index in [0.29, 0.717) is 12.2 Å². The highest BCUT2D eigenvalue weighted by Gasteiger charge is 2.05. The molecule has 0 aliphatic rings. The smallest absolute Gasteiger partial charge is 0.305 e. The van der Waals surface area contributed by atoms with E-state index in [1.54, 1.807) is 24.3 Å². The summed E-state index contributed by atoms with van der Waals surface area (Å²) >= 11 is 0. The quantitative estimate of drug-likeness (QED) is 0.666. The zero-order valence-electron chi connectivity index (χ0n) is 16.4. The number of aryl methyl sites for hydroxylation is 1. The van der Waals surface area contributed by atoms with Crippen LogP contribution in [0.25, 0.3) is 0 Å². The number of carbonyl (C=O) groups is 1. The molecule has 0 aliphatic carbocycles. The summed E-state index contributed by atoms with van der Waals surface area (Å²) in [5.74, 6) is 0.215. The summed E-state index contributed by atoms with van der Waals surface area (Å²) in [5, 5.41) is 12.0. The molecule has 1 rings (SSSR count). The van der Waals surface area contributed by atoms with E-state index in [1.807, 2.05) is 0 Å². The van der Waals surface area contributed by atoms with Crippen molar-refractivity contribution < 1.29 is 26.2 Å². The first-order chi connectivity index (χ1) is 11.5. The van der Waals surface area contributed by atoms with Gasteiger partial charge in [-0.2, -0.15) is 0 Å². The number of esters is 1. The molecule has 112 valence electrons. The minimum absolute atomic E-state index is 0.119. The van der Waals surface area contributed by atoms with E-state index in [0.717, 1.165) is 5.56 Å². The predicted octanol–water partition coefficient (Wildman–Crippen LogP) is 1.14. The van der Waals surface area contributed by atoms with Crippen LogP contribution >= 0.6 is 0 Å². The first kappa shape index (κ1) is 10.2. The van der Waals surface area contributed by atoms with Gasteiger partial charge in [-0.05, 0) is 30.6 Å². The fourth-order valence-corrected chi connectivity index (χ4v) is 1.52. The molecule has 1 unspecified atom stereocenters. The second-order valence-electron chi connectivity index (χ2n) is 4.19. The second kappa shape index (κ2) is 9.34. The van der Waals surface area contributed by atoms with Gasteiger partial charge in [-0.1, -0.05) is 19.0 Å². The van der Waals surface area contributed by atoms with E-state index in [4.69, 9.17) is 11.6 Å². The Kier molecular flexibility index (Phi) is 4.75. The Bertz CT molecular complexity index is 548. The summed E-state index contributed by atoms with van der Waals surface area (Å²) in [6.45, 7) is -5.79. The lowest BCUT2D eigenvalue weighted by atomic mass is 10.1. The minimum Gasteiger partial charge on any atom is -0.491 e. The number of ether oxygens (including phenoxy) is 2. The zero-order valence-corrected chi connectivity index (χ0v) is 11.4. The third kappa shape index (κ3) is 6.54. The van der Waals surface area contributed by atoms with Gasteiger partial charge in [0.1, 0.15) is 18.5 Å². The van der Waals surface area contributed by atoms with Crippen LogP contribution in [0.3, 0.4) is 0 Å². The van der Waals surface area contributed by atoms with Crippen LogP contribution in [-0.4, -0.2) is 43.9 Å². The number of benzene rings is 1. The normalized spacial score (nSPS) is 17.0. The van der Waals surface area contributed by atoms with Gasteiger partial charge >= 0.3 is 5.97 Å². The van der Waals surface area contributed by atoms with Crippen molar-refractivity contribution in [3.63, 3.8) is 0 Å². The molecule has 0 amide bonds. The summed E-state index contributed by atoms with van der Waals surface area (Å²) in [6, 6.07) is 6.95. The summed E-state index contributed by atoms with van der Waals surface area (Å²) < 4.78 is 45.9. The van der Waals surface area contributed by atoms with E-state index < -0.39 is 19.5 Å². The van der Waals surface area contributed by atoms with Gasteiger partial charge in [0, 0.05) is 19.8 Å². The number of nitrogens with one attached hydrogen (secondary N) is 1. The molecular formula is C15H23NO4. The van der Waals surface area contributed by atoms with Gasteiger partial charge in [0.2, 0.25) is 0 Å². The third-order valence-electron chi connectivity index (χ3n) is 2.64. The number of hydrogen-bond donors (Lipinski definition) is 2. The number of hydrogen-bond acceptors (Lipinski definition) is 5. The Balaban J connectivity index is 2.38. The van der Waals surface area contributed by atoms with Crippen LogP contribution in [0.1, 0.15) is 25.7 Å². The highest BCUT2D eigenvalue weighted by molar-refractivity contribution is 5.69. The molecule has 0 saturated carbocycles. The maximum Gasteiger partial charge on any atom is 0.305 e. The molecule has 0 radical (unpaired) electrons. The van der Waals surface area contributed by atoms with E-state index in [9.17, 15) is 9.90 Å². The SMILES string of the molecule is [2H]C([2H])([2H])C([2H])([2H])NCC(O)COc1ccc(CCC(=O)OC)cc1. The lowest BCUT2D eigenvalue weighted by molar-refractivity contribution is -0.140. The summed E-state index contributed by atoms with van der Waals surface area (Å²) in [5.41, 5.74) is 0.936. The molecule has 0 heterocycles. The van der Waals surface area contributed by atoms with Gasteiger partial charge in [0.05, 0.1) is 7.11 Å². The third-order valence-corrected chi connectivity index (χ3v) is 2.64. The number of rotatable bonds is 9. The first-order valence-corrected chi connectivity index (χ1v) is 6.27. The van der Waals surface area contributed by atoms with Gasteiger partial charge in [-0.25, -0.2) is 0 Å². The fraction of sp³-hybridized carbons (Fsp3) is 0.533. The number of aliphatic hydroxyl groups is 1. The van der Waals surface area contributed by atoms with Crippen LogP contribution in [0, 0.1) is 0 Å². The van der Waals surface area contributed by atoms with Crippen LogP contribution in [0.4, 0.5) is 0 Å². The Morgan fingerprint density at radius 3 is 2.90 bits per heavy atom. The standard InChI is InChI=1S/C15H23NO4/c1-3-16-10-13(17)11-20-14-7-4-12(5-8-14)6-9-15(18)19-2/h4-5,7-8,13,16-17H,3,6,9-11H2,1-2H3/i1D3,3D2. The molecule has 1 aromatic rings. The fourth-order valence-electron chi connectivity index (χ4n) is 1.52. The first-order valence-electron chi connectivity index (χ1n) is 8.77. The zero-order chi connectivity index (χ0) is 19.1. The molecule has 0 aromatic heterocycles. The average Bonchev–Trinajstić information content (AvgIpc) is 2.55. The van der Waals surface area contributed by atoms with Gasteiger partial charge in [-0.3, -0.25) is 4.79 Å². The monoisotopic (exact) mass is 286 g/mol. The maximum absolute atomic E-state index is 11.1. The summed E-state index contributed by atoms with van der Waals surface area (Å²) in [7, 11) is 1.34. The van der Waals surface area contributed by atoms with Gasteiger partial charge in [0.25, 0.3) is 0 Å². The predicted molar refractivity (Wildman–Crippen MR) is 76.8 cm³/mol. The van der Waals surface area contributed by atoms with Crippen LogP contribution in [0.2, 0.25) is 0 Å². The van der Waals surface area contributed by atoms with Crippen molar-refractivity contribution in [3.8, 4) is 5.75 Å². The molecule has 5 heteroatoms. The largest absolute Gasteiger partial charge is 0.491 e. The molecule has 0 aliphatic heterocycles. The molecule has 0 spiro atoms. The van der Waals surface area contributed by atoms with Crippen LogP contribution in [0.15, 0.2) is 24.3 Å².